The molecule has 1 aromatic rings. The largest absolute Gasteiger partial charge is 0.372 e. The van der Waals surface area contributed by atoms with Crippen molar-refractivity contribution in [1.29, 1.82) is 0 Å². The van der Waals surface area contributed by atoms with E-state index in [-0.39, 0.29) is 12.8 Å². The molecular formula is C17H23N3O4S. The minimum Gasteiger partial charge on any atom is -0.372 e. The predicted octanol–water partition coefficient (Wildman–Crippen LogP) is 1.57. The number of hydrogen-bond donors (Lipinski definition) is 1. The second kappa shape index (κ2) is 7.03. The van der Waals surface area contributed by atoms with Crippen molar-refractivity contribution in [1.82, 2.24) is 4.31 Å². The molecule has 136 valence electrons. The molecule has 0 radical (unpaired) electrons. The van der Waals surface area contributed by atoms with Crippen molar-refractivity contribution in [2.75, 3.05) is 29.6 Å². The molecule has 2 fully saturated rings. The van der Waals surface area contributed by atoms with E-state index in [2.05, 4.69) is 10.2 Å². The van der Waals surface area contributed by atoms with Crippen LogP contribution in [0.4, 0.5) is 11.4 Å². The van der Waals surface area contributed by atoms with Gasteiger partial charge in [-0.05, 0) is 49.9 Å². The van der Waals surface area contributed by atoms with Crippen molar-refractivity contribution in [2.45, 2.75) is 38.1 Å². The Labute approximate surface area is 148 Å². The van der Waals surface area contributed by atoms with Gasteiger partial charge in [0.25, 0.3) is 0 Å². The van der Waals surface area contributed by atoms with Gasteiger partial charge < -0.3 is 10.2 Å². The number of carbonyl (C=O) groups is 2. The van der Waals surface area contributed by atoms with Crippen LogP contribution in [0.2, 0.25) is 0 Å². The molecule has 2 aliphatic rings. The van der Waals surface area contributed by atoms with Gasteiger partial charge in [-0.25, -0.2) is 12.7 Å². The molecule has 3 rings (SSSR count). The summed E-state index contributed by atoms with van der Waals surface area (Å²) in [5.41, 5.74) is 1.71. The van der Waals surface area contributed by atoms with E-state index in [1.54, 1.807) is 0 Å². The monoisotopic (exact) mass is 365 g/mol. The van der Waals surface area contributed by atoms with Gasteiger partial charge in [0, 0.05) is 30.9 Å². The first kappa shape index (κ1) is 17.7. The first-order chi connectivity index (χ1) is 11.9. The van der Waals surface area contributed by atoms with Crippen LogP contribution in [0, 0.1) is 0 Å². The predicted molar refractivity (Wildman–Crippen MR) is 95.8 cm³/mol. The molecule has 1 aromatic carbocycles. The summed E-state index contributed by atoms with van der Waals surface area (Å²) in [5.74, 6) is -0.995. The van der Waals surface area contributed by atoms with E-state index in [1.807, 2.05) is 24.3 Å². The Balaban J connectivity index is 1.67. The number of hydrogen-bond acceptors (Lipinski definition) is 5. The lowest BCUT2D eigenvalue weighted by Crippen LogP contribution is -2.44. The maximum atomic E-state index is 12.4. The van der Waals surface area contributed by atoms with Gasteiger partial charge in [0.15, 0.2) is 0 Å². The number of piperidine rings is 1. The van der Waals surface area contributed by atoms with Crippen molar-refractivity contribution in [2.24, 2.45) is 0 Å². The summed E-state index contributed by atoms with van der Waals surface area (Å²) in [4.78, 5) is 26.5. The lowest BCUT2D eigenvalue weighted by molar-refractivity contribution is -0.128. The molecule has 1 atom stereocenters. The van der Waals surface area contributed by atoms with Crippen LogP contribution in [0.1, 0.15) is 32.1 Å². The first-order valence-corrected chi connectivity index (χ1v) is 10.4. The van der Waals surface area contributed by atoms with E-state index >= 15 is 0 Å². The fourth-order valence-corrected chi connectivity index (χ4v) is 4.57. The molecule has 0 aliphatic carbocycles. The number of sulfonamides is 1. The Morgan fingerprint density at radius 2 is 1.76 bits per heavy atom. The third-order valence-electron chi connectivity index (χ3n) is 4.68. The van der Waals surface area contributed by atoms with Crippen molar-refractivity contribution in [3.63, 3.8) is 0 Å². The van der Waals surface area contributed by atoms with Gasteiger partial charge in [-0.2, -0.15) is 0 Å². The standard InChI is InChI=1S/C17H23N3O4S/c1-25(23,24)20-15(9-10-16(20)21)17(22)18-13-5-7-14(8-6-13)19-11-3-2-4-12-19/h5-8,15H,2-4,9-12H2,1H3,(H,18,22). The summed E-state index contributed by atoms with van der Waals surface area (Å²) in [6.07, 6.45) is 4.87. The molecule has 1 N–H and O–H groups in total. The summed E-state index contributed by atoms with van der Waals surface area (Å²) < 4.78 is 24.2. The van der Waals surface area contributed by atoms with Gasteiger partial charge in [-0.15, -0.1) is 0 Å². The zero-order valence-electron chi connectivity index (χ0n) is 14.3. The van der Waals surface area contributed by atoms with Crippen LogP contribution >= 0.6 is 0 Å². The number of nitrogens with one attached hydrogen (secondary N) is 1. The number of anilines is 2. The minimum atomic E-state index is -3.74. The highest BCUT2D eigenvalue weighted by atomic mass is 32.2. The zero-order valence-corrected chi connectivity index (χ0v) is 15.1. The molecule has 0 aromatic heterocycles. The Morgan fingerprint density at radius 3 is 2.36 bits per heavy atom. The quantitative estimate of drug-likeness (QED) is 0.875. The number of rotatable bonds is 4. The Hall–Kier alpha value is -2.09. The van der Waals surface area contributed by atoms with Crippen LogP contribution in [-0.2, 0) is 19.6 Å². The van der Waals surface area contributed by atoms with Crippen LogP contribution in [0.25, 0.3) is 0 Å². The summed E-state index contributed by atoms with van der Waals surface area (Å²) >= 11 is 0. The van der Waals surface area contributed by atoms with Crippen LogP contribution in [0.5, 0.6) is 0 Å². The lowest BCUT2D eigenvalue weighted by Gasteiger charge is -2.29. The van der Waals surface area contributed by atoms with Crippen LogP contribution < -0.4 is 10.2 Å². The van der Waals surface area contributed by atoms with Gasteiger partial charge in [0.05, 0.1) is 6.26 Å². The Morgan fingerprint density at radius 1 is 1.12 bits per heavy atom. The highest BCUT2D eigenvalue weighted by Gasteiger charge is 2.41. The van der Waals surface area contributed by atoms with Crippen molar-refractivity contribution >= 4 is 33.2 Å². The highest BCUT2D eigenvalue weighted by molar-refractivity contribution is 7.89. The molecule has 1 unspecified atom stereocenters. The summed E-state index contributed by atoms with van der Waals surface area (Å²) in [6.45, 7) is 2.08. The van der Waals surface area contributed by atoms with Crippen molar-refractivity contribution in [3.8, 4) is 0 Å². The SMILES string of the molecule is CS(=O)(=O)N1C(=O)CCC1C(=O)Nc1ccc(N2CCCCC2)cc1. The van der Waals surface area contributed by atoms with Gasteiger partial charge in [-0.1, -0.05) is 0 Å². The number of nitrogens with zero attached hydrogens (tertiary/aromatic N) is 2. The average molecular weight is 365 g/mol. The van der Waals surface area contributed by atoms with E-state index in [0.29, 0.717) is 9.99 Å². The van der Waals surface area contributed by atoms with Crippen molar-refractivity contribution in [3.05, 3.63) is 24.3 Å². The van der Waals surface area contributed by atoms with Crippen molar-refractivity contribution < 1.29 is 18.0 Å². The molecule has 0 saturated carbocycles. The van der Waals surface area contributed by atoms with E-state index < -0.39 is 27.9 Å². The maximum Gasteiger partial charge on any atom is 0.248 e. The van der Waals surface area contributed by atoms with Crippen LogP contribution in [-0.4, -0.2) is 49.9 Å². The number of benzene rings is 1. The normalized spacial score (nSPS) is 21.5. The average Bonchev–Trinajstić information content (AvgIpc) is 2.98. The van der Waals surface area contributed by atoms with E-state index in [1.165, 1.54) is 19.3 Å². The smallest absolute Gasteiger partial charge is 0.248 e. The highest BCUT2D eigenvalue weighted by Crippen LogP contribution is 2.25. The molecule has 8 heteroatoms. The molecule has 7 nitrogen and oxygen atoms in total. The van der Waals surface area contributed by atoms with Gasteiger partial charge in [-0.3, -0.25) is 9.59 Å². The fourth-order valence-electron chi connectivity index (χ4n) is 3.45. The fraction of sp³-hybridized carbons (Fsp3) is 0.529. The first-order valence-electron chi connectivity index (χ1n) is 8.54. The lowest BCUT2D eigenvalue weighted by atomic mass is 10.1. The topological polar surface area (TPSA) is 86.8 Å². The Bertz CT molecular complexity index is 755. The van der Waals surface area contributed by atoms with E-state index in [0.717, 1.165) is 25.0 Å². The Kier molecular flexibility index (Phi) is 4.99. The molecule has 2 amide bonds. The summed E-state index contributed by atoms with van der Waals surface area (Å²) in [7, 11) is -3.74. The summed E-state index contributed by atoms with van der Waals surface area (Å²) in [6, 6.07) is 6.56. The van der Waals surface area contributed by atoms with E-state index in [4.69, 9.17) is 0 Å². The third-order valence-corrected chi connectivity index (χ3v) is 5.85. The third kappa shape index (κ3) is 3.95. The van der Waals surface area contributed by atoms with Gasteiger partial charge >= 0.3 is 0 Å². The van der Waals surface area contributed by atoms with Crippen LogP contribution in [0.3, 0.4) is 0 Å². The molecule has 2 aliphatic heterocycles. The molecule has 2 heterocycles. The van der Waals surface area contributed by atoms with Gasteiger partial charge in [0.2, 0.25) is 21.8 Å². The van der Waals surface area contributed by atoms with Gasteiger partial charge in [0.1, 0.15) is 6.04 Å². The van der Waals surface area contributed by atoms with Crippen LogP contribution in [0.15, 0.2) is 24.3 Å². The molecule has 2 saturated heterocycles. The van der Waals surface area contributed by atoms with E-state index in [9.17, 15) is 18.0 Å². The number of amides is 2. The molecule has 0 spiro atoms. The minimum absolute atomic E-state index is 0.0685. The molecule has 25 heavy (non-hydrogen) atoms. The number of carbonyl (C=O) groups excluding carboxylic acids is 2. The second-order valence-corrected chi connectivity index (χ2v) is 8.45. The molecular weight excluding hydrogens is 342 g/mol. The zero-order chi connectivity index (χ0) is 18.0. The second-order valence-electron chi connectivity index (χ2n) is 6.59. The summed E-state index contributed by atoms with van der Waals surface area (Å²) in [5, 5.41) is 2.72. The molecule has 0 bridgehead atoms. The maximum absolute atomic E-state index is 12.4.